The second-order valence-corrected chi connectivity index (χ2v) is 4.22. The maximum absolute atomic E-state index is 11.8. The molecule has 0 bridgehead atoms. The van der Waals surface area contributed by atoms with Gasteiger partial charge in [-0.2, -0.15) is 0 Å². The van der Waals surface area contributed by atoms with Crippen molar-refractivity contribution in [3.63, 3.8) is 0 Å². The summed E-state index contributed by atoms with van der Waals surface area (Å²) in [7, 11) is 0. The first-order valence-corrected chi connectivity index (χ1v) is 5.39. The van der Waals surface area contributed by atoms with Crippen molar-refractivity contribution < 1.29 is 4.79 Å². The predicted octanol–water partition coefficient (Wildman–Crippen LogP) is 0.640. The lowest BCUT2D eigenvalue weighted by molar-refractivity contribution is 0.191. The number of imidazole rings is 1. The fourth-order valence-electron chi connectivity index (χ4n) is 1.88. The Morgan fingerprint density at radius 3 is 3.27 bits per heavy atom. The van der Waals surface area contributed by atoms with Crippen LogP contribution in [0.4, 0.5) is 4.79 Å². The number of hydrogen-bond acceptors (Lipinski definition) is 2. The Balaban J connectivity index is 1.66. The SMILES string of the molecule is O=C(NC1CC1)N1CCc2nc[nH]c2C1. The molecule has 2 amide bonds. The maximum atomic E-state index is 11.8. The molecule has 2 aliphatic rings. The molecule has 1 aromatic heterocycles. The highest BCUT2D eigenvalue weighted by atomic mass is 16.2. The zero-order valence-corrected chi connectivity index (χ0v) is 8.49. The van der Waals surface area contributed by atoms with E-state index in [2.05, 4.69) is 15.3 Å². The number of fused-ring (bicyclic) bond motifs is 1. The van der Waals surface area contributed by atoms with Gasteiger partial charge in [-0.15, -0.1) is 0 Å². The fraction of sp³-hybridized carbons (Fsp3) is 0.600. The largest absolute Gasteiger partial charge is 0.347 e. The Bertz CT molecular complexity index is 383. The lowest BCUT2D eigenvalue weighted by Gasteiger charge is -2.26. The van der Waals surface area contributed by atoms with Crippen LogP contribution in [0.2, 0.25) is 0 Å². The second kappa shape index (κ2) is 3.25. The van der Waals surface area contributed by atoms with Gasteiger partial charge in [-0.3, -0.25) is 0 Å². The topological polar surface area (TPSA) is 61.0 Å². The van der Waals surface area contributed by atoms with Gasteiger partial charge in [0.05, 0.1) is 24.3 Å². The summed E-state index contributed by atoms with van der Waals surface area (Å²) >= 11 is 0. The summed E-state index contributed by atoms with van der Waals surface area (Å²) in [5, 5.41) is 3.00. The molecular formula is C10H14N4O. The fourth-order valence-corrected chi connectivity index (χ4v) is 1.88. The van der Waals surface area contributed by atoms with Crippen molar-refractivity contribution in [1.29, 1.82) is 0 Å². The Morgan fingerprint density at radius 1 is 1.60 bits per heavy atom. The van der Waals surface area contributed by atoms with Crippen LogP contribution in [0.1, 0.15) is 24.2 Å². The minimum atomic E-state index is 0.0674. The molecule has 1 fully saturated rings. The molecule has 1 aliphatic heterocycles. The number of hydrogen-bond donors (Lipinski definition) is 2. The lowest BCUT2D eigenvalue weighted by Crippen LogP contribution is -2.43. The van der Waals surface area contributed by atoms with Crippen LogP contribution < -0.4 is 5.32 Å². The summed E-state index contributed by atoms with van der Waals surface area (Å²) in [6.45, 7) is 1.43. The number of amides is 2. The van der Waals surface area contributed by atoms with Crippen molar-refractivity contribution in [2.75, 3.05) is 6.54 Å². The van der Waals surface area contributed by atoms with Gasteiger partial charge in [0.2, 0.25) is 0 Å². The molecule has 0 saturated heterocycles. The van der Waals surface area contributed by atoms with E-state index in [-0.39, 0.29) is 6.03 Å². The molecule has 0 atom stereocenters. The van der Waals surface area contributed by atoms with Crippen LogP contribution in [-0.2, 0) is 13.0 Å². The Kier molecular flexibility index (Phi) is 1.90. The molecule has 5 heteroatoms. The van der Waals surface area contributed by atoms with Gasteiger partial charge in [0.15, 0.2) is 0 Å². The number of nitrogens with zero attached hydrogens (tertiary/aromatic N) is 2. The number of urea groups is 1. The van der Waals surface area contributed by atoms with Gasteiger partial charge in [0.25, 0.3) is 0 Å². The van der Waals surface area contributed by atoms with E-state index in [4.69, 9.17) is 0 Å². The first kappa shape index (κ1) is 8.76. The van der Waals surface area contributed by atoms with Crippen molar-refractivity contribution in [2.45, 2.75) is 31.8 Å². The summed E-state index contributed by atoms with van der Waals surface area (Å²) in [6, 6.07) is 0.499. The van der Waals surface area contributed by atoms with Gasteiger partial charge in [-0.05, 0) is 12.8 Å². The van der Waals surface area contributed by atoms with E-state index < -0.39 is 0 Å². The highest BCUT2D eigenvalue weighted by Gasteiger charge is 2.28. The van der Waals surface area contributed by atoms with Gasteiger partial charge in [0.1, 0.15) is 0 Å². The molecule has 2 N–H and O–H groups in total. The zero-order chi connectivity index (χ0) is 10.3. The smallest absolute Gasteiger partial charge is 0.317 e. The van der Waals surface area contributed by atoms with Crippen LogP contribution >= 0.6 is 0 Å². The summed E-state index contributed by atoms with van der Waals surface area (Å²) in [5.74, 6) is 0. The van der Waals surface area contributed by atoms with Crippen LogP contribution in [-0.4, -0.2) is 33.5 Å². The average molecular weight is 206 g/mol. The number of nitrogens with one attached hydrogen (secondary N) is 2. The van der Waals surface area contributed by atoms with E-state index in [1.807, 2.05) is 4.90 Å². The van der Waals surface area contributed by atoms with Gasteiger partial charge >= 0.3 is 6.03 Å². The van der Waals surface area contributed by atoms with Crippen LogP contribution in [0.15, 0.2) is 6.33 Å². The Morgan fingerprint density at radius 2 is 2.47 bits per heavy atom. The minimum absolute atomic E-state index is 0.0674. The van der Waals surface area contributed by atoms with Crippen molar-refractivity contribution in [3.8, 4) is 0 Å². The number of rotatable bonds is 1. The van der Waals surface area contributed by atoms with E-state index in [1.54, 1.807) is 6.33 Å². The Labute approximate surface area is 87.9 Å². The summed E-state index contributed by atoms with van der Waals surface area (Å²) in [5.41, 5.74) is 2.18. The van der Waals surface area contributed by atoms with E-state index in [1.165, 1.54) is 0 Å². The monoisotopic (exact) mass is 206 g/mol. The third kappa shape index (κ3) is 1.69. The van der Waals surface area contributed by atoms with Crippen LogP contribution in [0.25, 0.3) is 0 Å². The molecule has 3 rings (SSSR count). The van der Waals surface area contributed by atoms with Gasteiger partial charge in [-0.25, -0.2) is 9.78 Å². The van der Waals surface area contributed by atoms with Crippen molar-refractivity contribution in [2.24, 2.45) is 0 Å². The standard InChI is InChI=1S/C10H14N4O/c15-10(13-7-1-2-7)14-4-3-8-9(5-14)12-6-11-8/h6-7H,1-5H2,(H,11,12)(H,13,15). The van der Waals surface area contributed by atoms with Gasteiger partial charge < -0.3 is 15.2 Å². The number of aromatic nitrogens is 2. The molecule has 80 valence electrons. The molecule has 0 aromatic carbocycles. The normalized spacial score (nSPS) is 19.9. The molecule has 0 spiro atoms. The zero-order valence-electron chi connectivity index (χ0n) is 8.49. The van der Waals surface area contributed by atoms with Gasteiger partial charge in [-0.1, -0.05) is 0 Å². The van der Waals surface area contributed by atoms with Crippen molar-refractivity contribution >= 4 is 6.03 Å². The quantitative estimate of drug-likeness (QED) is 0.708. The molecule has 0 unspecified atom stereocenters. The summed E-state index contributed by atoms with van der Waals surface area (Å²) in [6.07, 6.45) is 4.83. The lowest BCUT2D eigenvalue weighted by atomic mass is 10.1. The number of aromatic amines is 1. The molecule has 5 nitrogen and oxygen atoms in total. The van der Waals surface area contributed by atoms with E-state index >= 15 is 0 Å². The molecule has 2 heterocycles. The second-order valence-electron chi connectivity index (χ2n) is 4.22. The van der Waals surface area contributed by atoms with Crippen LogP contribution in [0, 0.1) is 0 Å². The van der Waals surface area contributed by atoms with E-state index in [0.717, 1.165) is 37.2 Å². The van der Waals surface area contributed by atoms with Crippen LogP contribution in [0.3, 0.4) is 0 Å². The number of carbonyl (C=O) groups is 1. The third-order valence-corrected chi connectivity index (χ3v) is 2.97. The van der Waals surface area contributed by atoms with Gasteiger partial charge in [0, 0.05) is 19.0 Å². The average Bonchev–Trinajstić information content (AvgIpc) is 2.94. The first-order valence-electron chi connectivity index (χ1n) is 5.39. The predicted molar refractivity (Wildman–Crippen MR) is 54.3 cm³/mol. The number of H-pyrrole nitrogens is 1. The maximum Gasteiger partial charge on any atom is 0.317 e. The van der Waals surface area contributed by atoms with Crippen molar-refractivity contribution in [1.82, 2.24) is 20.2 Å². The molecule has 0 radical (unpaired) electrons. The minimum Gasteiger partial charge on any atom is -0.347 e. The van der Waals surface area contributed by atoms with Crippen LogP contribution in [0.5, 0.6) is 0 Å². The number of carbonyl (C=O) groups excluding carboxylic acids is 1. The Hall–Kier alpha value is -1.52. The van der Waals surface area contributed by atoms with E-state index in [0.29, 0.717) is 12.6 Å². The molecule has 1 saturated carbocycles. The summed E-state index contributed by atoms with van der Waals surface area (Å²) < 4.78 is 0. The molecule has 1 aliphatic carbocycles. The van der Waals surface area contributed by atoms with E-state index in [9.17, 15) is 4.79 Å². The van der Waals surface area contributed by atoms with Crippen molar-refractivity contribution in [3.05, 3.63) is 17.7 Å². The first-order chi connectivity index (χ1) is 7.33. The molecule has 15 heavy (non-hydrogen) atoms. The highest BCUT2D eigenvalue weighted by molar-refractivity contribution is 5.75. The summed E-state index contributed by atoms with van der Waals surface area (Å²) in [4.78, 5) is 20.9. The molecular weight excluding hydrogens is 192 g/mol. The third-order valence-electron chi connectivity index (χ3n) is 2.97. The molecule has 1 aromatic rings. The highest BCUT2D eigenvalue weighted by Crippen LogP contribution is 2.20.